The first-order chi connectivity index (χ1) is 8.63. The van der Waals surface area contributed by atoms with E-state index in [1.807, 2.05) is 26.0 Å². The predicted molar refractivity (Wildman–Crippen MR) is 77.2 cm³/mol. The summed E-state index contributed by atoms with van der Waals surface area (Å²) in [5.74, 6) is 0. The molecule has 0 aromatic carbocycles. The van der Waals surface area contributed by atoms with Crippen LogP contribution in [0.15, 0.2) is 24.7 Å². The molecule has 0 rings (SSSR count). The minimum atomic E-state index is -0.137. The van der Waals surface area contributed by atoms with Gasteiger partial charge >= 0.3 is 0 Å². The van der Waals surface area contributed by atoms with E-state index in [0.29, 0.717) is 0 Å². The second-order valence-corrected chi connectivity index (χ2v) is 4.58. The second kappa shape index (κ2) is 11.1. The standard InChI is InChI=1S/C15H29NO2/c1-5-7-9-11-17-13(3)15(16)14(4)18-12-10-8-6-2/h9-15H,5-8,16H2,1-4H3/b11-9+,12-10+. The fourth-order valence-electron chi connectivity index (χ4n) is 1.39. The maximum Gasteiger partial charge on any atom is 0.114 e. The van der Waals surface area contributed by atoms with Crippen molar-refractivity contribution in [1.82, 2.24) is 0 Å². The first-order valence-corrected chi connectivity index (χ1v) is 6.99. The summed E-state index contributed by atoms with van der Waals surface area (Å²) in [6.45, 7) is 8.21. The lowest BCUT2D eigenvalue weighted by Gasteiger charge is -2.24. The first-order valence-electron chi connectivity index (χ1n) is 6.99. The van der Waals surface area contributed by atoms with Gasteiger partial charge in [0.25, 0.3) is 0 Å². The Bertz CT molecular complexity index is 215. The van der Waals surface area contributed by atoms with Gasteiger partial charge < -0.3 is 15.2 Å². The maximum atomic E-state index is 6.07. The summed E-state index contributed by atoms with van der Waals surface area (Å²) < 4.78 is 11.1. The monoisotopic (exact) mass is 255 g/mol. The van der Waals surface area contributed by atoms with Gasteiger partial charge in [0.1, 0.15) is 12.2 Å². The third kappa shape index (κ3) is 8.18. The van der Waals surface area contributed by atoms with Crippen LogP contribution in [0.4, 0.5) is 0 Å². The average molecular weight is 255 g/mol. The predicted octanol–water partition coefficient (Wildman–Crippen LogP) is 3.75. The molecule has 3 nitrogen and oxygen atoms in total. The van der Waals surface area contributed by atoms with Crippen LogP contribution in [-0.4, -0.2) is 18.2 Å². The summed E-state index contributed by atoms with van der Waals surface area (Å²) in [5, 5.41) is 0. The molecule has 0 bridgehead atoms. The van der Waals surface area contributed by atoms with Gasteiger partial charge in [-0.25, -0.2) is 0 Å². The van der Waals surface area contributed by atoms with Crippen LogP contribution in [0.3, 0.4) is 0 Å². The Morgan fingerprint density at radius 1 is 0.889 bits per heavy atom. The molecule has 0 aliphatic heterocycles. The molecule has 0 aliphatic rings. The van der Waals surface area contributed by atoms with Crippen LogP contribution in [0.5, 0.6) is 0 Å². The second-order valence-electron chi connectivity index (χ2n) is 4.58. The van der Waals surface area contributed by atoms with Crippen molar-refractivity contribution in [3.8, 4) is 0 Å². The van der Waals surface area contributed by atoms with Crippen LogP contribution in [0, 0.1) is 0 Å². The van der Waals surface area contributed by atoms with Gasteiger partial charge in [0, 0.05) is 0 Å². The first kappa shape index (κ1) is 17.0. The molecule has 0 spiro atoms. The highest BCUT2D eigenvalue weighted by Crippen LogP contribution is 2.06. The summed E-state index contributed by atoms with van der Waals surface area (Å²) in [6.07, 6.45) is 11.8. The molecule has 106 valence electrons. The van der Waals surface area contributed by atoms with Crippen molar-refractivity contribution in [1.29, 1.82) is 0 Å². The highest BCUT2D eigenvalue weighted by atomic mass is 16.5. The lowest BCUT2D eigenvalue weighted by molar-refractivity contribution is 0.0535. The molecule has 0 heterocycles. The Kier molecular flexibility index (Phi) is 10.6. The molecule has 0 radical (unpaired) electrons. The zero-order valence-electron chi connectivity index (χ0n) is 12.3. The Labute approximate surface area is 112 Å². The van der Waals surface area contributed by atoms with Crippen LogP contribution in [-0.2, 0) is 9.47 Å². The molecule has 0 saturated heterocycles. The fraction of sp³-hybridized carbons (Fsp3) is 0.733. The van der Waals surface area contributed by atoms with E-state index < -0.39 is 0 Å². The normalized spacial score (nSPS) is 16.9. The van der Waals surface area contributed by atoms with Gasteiger partial charge in [0.2, 0.25) is 0 Å². The van der Waals surface area contributed by atoms with Crippen molar-refractivity contribution in [3.63, 3.8) is 0 Å². The molecule has 2 atom stereocenters. The summed E-state index contributed by atoms with van der Waals surface area (Å²) in [5.41, 5.74) is 6.07. The van der Waals surface area contributed by atoms with E-state index in [0.717, 1.165) is 25.7 Å². The van der Waals surface area contributed by atoms with E-state index in [-0.39, 0.29) is 18.2 Å². The number of allylic oxidation sites excluding steroid dienone is 2. The molecule has 0 saturated carbocycles. The molecule has 0 aromatic heterocycles. The number of unbranched alkanes of at least 4 members (excludes halogenated alkanes) is 2. The summed E-state index contributed by atoms with van der Waals surface area (Å²) in [4.78, 5) is 0. The third-order valence-corrected chi connectivity index (χ3v) is 2.77. The number of hydrogen-bond acceptors (Lipinski definition) is 3. The van der Waals surface area contributed by atoms with E-state index in [2.05, 4.69) is 13.8 Å². The Balaban J connectivity index is 3.92. The van der Waals surface area contributed by atoms with Crippen molar-refractivity contribution >= 4 is 0 Å². The van der Waals surface area contributed by atoms with Crippen molar-refractivity contribution in [2.75, 3.05) is 0 Å². The van der Waals surface area contributed by atoms with Gasteiger partial charge in [-0.05, 0) is 38.8 Å². The van der Waals surface area contributed by atoms with Crippen molar-refractivity contribution in [3.05, 3.63) is 24.7 Å². The quantitative estimate of drug-likeness (QED) is 0.605. The maximum absolute atomic E-state index is 6.07. The Hall–Kier alpha value is -0.960. The minimum Gasteiger partial charge on any atom is -0.497 e. The van der Waals surface area contributed by atoms with Crippen molar-refractivity contribution < 1.29 is 9.47 Å². The van der Waals surface area contributed by atoms with Crippen LogP contribution >= 0.6 is 0 Å². The van der Waals surface area contributed by atoms with E-state index in [1.165, 1.54) is 0 Å². The van der Waals surface area contributed by atoms with Crippen LogP contribution in [0.1, 0.15) is 53.4 Å². The number of nitrogens with two attached hydrogens (primary N) is 1. The van der Waals surface area contributed by atoms with Gasteiger partial charge in [0.15, 0.2) is 0 Å². The fourth-order valence-corrected chi connectivity index (χ4v) is 1.39. The molecule has 0 amide bonds. The van der Waals surface area contributed by atoms with E-state index in [4.69, 9.17) is 15.2 Å². The van der Waals surface area contributed by atoms with E-state index in [1.54, 1.807) is 12.5 Å². The summed E-state index contributed by atoms with van der Waals surface area (Å²) in [6, 6.07) is -0.137. The largest absolute Gasteiger partial charge is 0.497 e. The molecule has 18 heavy (non-hydrogen) atoms. The highest BCUT2D eigenvalue weighted by Gasteiger charge is 2.20. The minimum absolute atomic E-state index is 0.0484. The lowest BCUT2D eigenvalue weighted by atomic mass is 10.1. The lowest BCUT2D eigenvalue weighted by Crippen LogP contribution is -2.43. The molecule has 2 N–H and O–H groups in total. The molecular formula is C15H29NO2. The average Bonchev–Trinajstić information content (AvgIpc) is 2.38. The Morgan fingerprint density at radius 3 is 1.61 bits per heavy atom. The SMILES string of the molecule is CCC/C=C/OC(C)C(N)C(C)O/C=C/CCC. The zero-order valence-corrected chi connectivity index (χ0v) is 12.3. The van der Waals surface area contributed by atoms with Gasteiger partial charge in [-0.3, -0.25) is 0 Å². The number of ether oxygens (including phenoxy) is 2. The summed E-state index contributed by atoms with van der Waals surface area (Å²) >= 11 is 0. The zero-order chi connectivity index (χ0) is 13.8. The van der Waals surface area contributed by atoms with Crippen LogP contribution < -0.4 is 5.73 Å². The van der Waals surface area contributed by atoms with E-state index in [9.17, 15) is 0 Å². The van der Waals surface area contributed by atoms with Crippen molar-refractivity contribution in [2.24, 2.45) is 5.73 Å². The summed E-state index contributed by atoms with van der Waals surface area (Å²) in [7, 11) is 0. The van der Waals surface area contributed by atoms with Gasteiger partial charge in [-0.15, -0.1) is 0 Å². The van der Waals surface area contributed by atoms with E-state index >= 15 is 0 Å². The molecular weight excluding hydrogens is 226 g/mol. The smallest absolute Gasteiger partial charge is 0.114 e. The van der Waals surface area contributed by atoms with Gasteiger partial charge in [0.05, 0.1) is 18.6 Å². The highest BCUT2D eigenvalue weighted by molar-refractivity contribution is 4.83. The molecule has 3 heteroatoms. The van der Waals surface area contributed by atoms with Gasteiger partial charge in [-0.1, -0.05) is 26.7 Å². The Morgan fingerprint density at radius 2 is 1.28 bits per heavy atom. The van der Waals surface area contributed by atoms with Gasteiger partial charge in [-0.2, -0.15) is 0 Å². The number of hydrogen-bond donors (Lipinski definition) is 1. The molecule has 0 fully saturated rings. The van der Waals surface area contributed by atoms with Crippen molar-refractivity contribution in [2.45, 2.75) is 71.6 Å². The molecule has 0 aromatic rings. The topological polar surface area (TPSA) is 44.5 Å². The molecule has 2 unspecified atom stereocenters. The van der Waals surface area contributed by atoms with Crippen LogP contribution in [0.2, 0.25) is 0 Å². The third-order valence-electron chi connectivity index (χ3n) is 2.77. The van der Waals surface area contributed by atoms with Crippen LogP contribution in [0.25, 0.3) is 0 Å². The number of rotatable bonds is 10. The molecule has 0 aliphatic carbocycles.